The second-order valence-corrected chi connectivity index (χ2v) is 7.46. The molecule has 1 aromatic carbocycles. The van der Waals surface area contributed by atoms with Gasteiger partial charge in [-0.25, -0.2) is 8.42 Å². The molecule has 2 N–H and O–H groups in total. The summed E-state index contributed by atoms with van der Waals surface area (Å²) in [6.45, 7) is 3.14. The molecule has 1 atom stereocenters. The number of para-hydroxylation sites is 1. The van der Waals surface area contributed by atoms with Crippen LogP contribution in [0.3, 0.4) is 0 Å². The topological polar surface area (TPSA) is 87.7 Å². The number of hydrogen-bond donors (Lipinski definition) is 2. The van der Waals surface area contributed by atoms with Crippen LogP contribution < -0.4 is 14.8 Å². The second kappa shape index (κ2) is 7.29. The summed E-state index contributed by atoms with van der Waals surface area (Å²) in [6, 6.07) is 4.16. The van der Waals surface area contributed by atoms with E-state index in [0.29, 0.717) is 31.9 Å². The maximum atomic E-state index is 12.5. The van der Waals surface area contributed by atoms with Crippen molar-refractivity contribution in [2.24, 2.45) is 0 Å². The second-order valence-electron chi connectivity index (χ2n) is 5.78. The summed E-state index contributed by atoms with van der Waals surface area (Å²) < 4.78 is 32.8. The molecule has 8 heteroatoms. The summed E-state index contributed by atoms with van der Waals surface area (Å²) in [4.78, 5) is 14.0. The zero-order valence-corrected chi connectivity index (χ0v) is 14.4. The van der Waals surface area contributed by atoms with E-state index in [-0.39, 0.29) is 10.8 Å². The van der Waals surface area contributed by atoms with Crippen LogP contribution in [0.4, 0.5) is 0 Å². The van der Waals surface area contributed by atoms with E-state index in [2.05, 4.69) is 10.0 Å². The van der Waals surface area contributed by atoms with E-state index in [4.69, 9.17) is 4.74 Å². The van der Waals surface area contributed by atoms with Gasteiger partial charge in [0, 0.05) is 19.5 Å². The summed E-state index contributed by atoms with van der Waals surface area (Å²) in [5.74, 6) is 0.0316. The molecule has 0 bridgehead atoms. The van der Waals surface area contributed by atoms with Crippen LogP contribution in [0.5, 0.6) is 5.75 Å². The van der Waals surface area contributed by atoms with E-state index in [1.807, 2.05) is 25.1 Å². The molecular weight excluding hydrogens is 318 g/mol. The predicted octanol–water partition coefficient (Wildman–Crippen LogP) is -0.0339. The summed E-state index contributed by atoms with van der Waals surface area (Å²) in [6.07, 6.45) is 0.694. The molecule has 128 valence electrons. The minimum absolute atomic E-state index is 0.0837. The average molecular weight is 341 g/mol. The highest BCUT2D eigenvalue weighted by Crippen LogP contribution is 2.32. The van der Waals surface area contributed by atoms with Crippen molar-refractivity contribution in [3.8, 4) is 5.75 Å². The first-order valence-corrected chi connectivity index (χ1v) is 8.99. The van der Waals surface area contributed by atoms with Gasteiger partial charge in [-0.3, -0.25) is 4.79 Å². The van der Waals surface area contributed by atoms with Gasteiger partial charge in [0.2, 0.25) is 15.9 Å². The maximum Gasteiger partial charge on any atom is 0.244 e. The Morgan fingerprint density at radius 2 is 2.13 bits per heavy atom. The van der Waals surface area contributed by atoms with E-state index >= 15 is 0 Å². The lowest BCUT2D eigenvalue weighted by molar-refractivity contribution is -0.122. The Kier molecular flexibility index (Phi) is 5.61. The van der Waals surface area contributed by atoms with E-state index in [1.165, 1.54) is 13.0 Å². The monoisotopic (exact) mass is 341 g/mol. The number of ether oxygens (including phenoxy) is 1. The smallest absolute Gasteiger partial charge is 0.244 e. The van der Waals surface area contributed by atoms with Crippen LogP contribution in [0.25, 0.3) is 0 Å². The number of nitrogens with one attached hydrogen (secondary N) is 2. The number of carbonyl (C=O) groups is 1. The molecule has 1 amide bonds. The van der Waals surface area contributed by atoms with Crippen LogP contribution in [0, 0.1) is 0 Å². The third-order valence-electron chi connectivity index (χ3n) is 3.55. The molecule has 0 unspecified atom stereocenters. The minimum atomic E-state index is -3.82. The number of rotatable bonds is 7. The van der Waals surface area contributed by atoms with Gasteiger partial charge in [-0.1, -0.05) is 12.1 Å². The molecule has 0 saturated carbocycles. The van der Waals surface area contributed by atoms with Crippen molar-refractivity contribution in [2.45, 2.75) is 24.3 Å². The Balaban J connectivity index is 2.04. The van der Waals surface area contributed by atoms with E-state index < -0.39 is 16.1 Å². The van der Waals surface area contributed by atoms with Crippen LogP contribution >= 0.6 is 0 Å². The molecule has 0 spiro atoms. The zero-order valence-electron chi connectivity index (χ0n) is 13.6. The first-order chi connectivity index (χ1) is 10.8. The molecule has 0 aromatic heterocycles. The number of nitrogens with zero attached hydrogens (tertiary/aromatic N) is 1. The highest BCUT2D eigenvalue weighted by Gasteiger charge is 2.28. The Labute approximate surface area is 137 Å². The predicted molar refractivity (Wildman–Crippen MR) is 87.0 cm³/mol. The van der Waals surface area contributed by atoms with Crippen molar-refractivity contribution in [2.75, 3.05) is 33.8 Å². The van der Waals surface area contributed by atoms with Crippen molar-refractivity contribution >= 4 is 15.9 Å². The van der Waals surface area contributed by atoms with Gasteiger partial charge in [-0.05, 0) is 32.6 Å². The largest absolute Gasteiger partial charge is 0.492 e. The van der Waals surface area contributed by atoms with Crippen LogP contribution in [0.15, 0.2) is 23.1 Å². The summed E-state index contributed by atoms with van der Waals surface area (Å²) in [5, 5.41) is 2.70. The molecule has 23 heavy (non-hydrogen) atoms. The SMILES string of the molecule is C[C@@H](NS(=O)(=O)c1cccc2c1OCC2)C(=O)NCCN(C)C. The quantitative estimate of drug-likeness (QED) is 0.727. The highest BCUT2D eigenvalue weighted by molar-refractivity contribution is 7.89. The van der Waals surface area contributed by atoms with Gasteiger partial charge < -0.3 is 15.0 Å². The van der Waals surface area contributed by atoms with E-state index in [1.54, 1.807) is 6.07 Å². The molecule has 7 nitrogen and oxygen atoms in total. The fraction of sp³-hybridized carbons (Fsp3) is 0.533. The number of amides is 1. The minimum Gasteiger partial charge on any atom is -0.492 e. The van der Waals surface area contributed by atoms with Crippen LogP contribution in [-0.2, 0) is 21.2 Å². The van der Waals surface area contributed by atoms with Gasteiger partial charge in [0.1, 0.15) is 10.6 Å². The van der Waals surface area contributed by atoms with E-state index in [9.17, 15) is 13.2 Å². The summed E-state index contributed by atoms with van der Waals surface area (Å²) in [7, 11) is -0.0232. The number of carbonyl (C=O) groups excluding carboxylic acids is 1. The number of fused-ring (bicyclic) bond motifs is 1. The first kappa shape index (κ1) is 17.7. The average Bonchev–Trinajstić information content (AvgIpc) is 2.94. The van der Waals surface area contributed by atoms with Crippen molar-refractivity contribution in [3.63, 3.8) is 0 Å². The Hall–Kier alpha value is -1.64. The third kappa shape index (κ3) is 4.43. The van der Waals surface area contributed by atoms with Gasteiger partial charge >= 0.3 is 0 Å². The summed E-state index contributed by atoms with van der Waals surface area (Å²) >= 11 is 0. The first-order valence-electron chi connectivity index (χ1n) is 7.50. The Morgan fingerprint density at radius 3 is 2.83 bits per heavy atom. The lowest BCUT2D eigenvalue weighted by atomic mass is 10.2. The van der Waals surface area contributed by atoms with Crippen LogP contribution in [0.1, 0.15) is 12.5 Å². The Morgan fingerprint density at radius 1 is 1.39 bits per heavy atom. The fourth-order valence-corrected chi connectivity index (χ4v) is 3.69. The van der Waals surface area contributed by atoms with Crippen LogP contribution in [0.2, 0.25) is 0 Å². The molecule has 0 radical (unpaired) electrons. The van der Waals surface area contributed by atoms with Crippen molar-refractivity contribution < 1.29 is 17.9 Å². The van der Waals surface area contributed by atoms with E-state index in [0.717, 1.165) is 5.56 Å². The lowest BCUT2D eigenvalue weighted by Gasteiger charge is -2.16. The van der Waals surface area contributed by atoms with Gasteiger partial charge in [0.25, 0.3) is 0 Å². The van der Waals surface area contributed by atoms with Gasteiger partial charge in [0.05, 0.1) is 12.6 Å². The third-order valence-corrected chi connectivity index (χ3v) is 5.12. The highest BCUT2D eigenvalue weighted by atomic mass is 32.2. The fourth-order valence-electron chi connectivity index (χ4n) is 2.30. The van der Waals surface area contributed by atoms with Gasteiger partial charge in [0.15, 0.2) is 0 Å². The number of hydrogen-bond acceptors (Lipinski definition) is 5. The van der Waals surface area contributed by atoms with Gasteiger partial charge in [-0.2, -0.15) is 4.72 Å². The zero-order chi connectivity index (χ0) is 17.0. The van der Waals surface area contributed by atoms with Crippen molar-refractivity contribution in [1.29, 1.82) is 0 Å². The van der Waals surface area contributed by atoms with Gasteiger partial charge in [-0.15, -0.1) is 0 Å². The van der Waals surface area contributed by atoms with Crippen molar-refractivity contribution in [3.05, 3.63) is 23.8 Å². The number of likely N-dealkylation sites (N-methyl/N-ethyl adjacent to an activating group) is 1. The lowest BCUT2D eigenvalue weighted by Crippen LogP contribution is -2.46. The van der Waals surface area contributed by atoms with Crippen LogP contribution in [-0.4, -0.2) is 59.1 Å². The molecule has 2 rings (SSSR count). The molecule has 1 heterocycles. The molecule has 0 fully saturated rings. The molecular formula is C15H23N3O4S. The standard InChI is InChI=1S/C15H23N3O4S/c1-11(15(19)16-8-9-18(2)3)17-23(20,21)13-6-4-5-12-7-10-22-14(12)13/h4-6,11,17H,7-10H2,1-3H3,(H,16,19)/t11-/m1/s1. The summed E-state index contributed by atoms with van der Waals surface area (Å²) in [5.41, 5.74) is 0.871. The molecule has 1 aliphatic heterocycles. The molecule has 1 aliphatic rings. The van der Waals surface area contributed by atoms with Crippen molar-refractivity contribution in [1.82, 2.24) is 14.9 Å². The normalized spacial score (nSPS) is 15.1. The molecule has 0 aliphatic carbocycles. The Bertz CT molecular complexity index is 673. The molecule has 0 saturated heterocycles. The maximum absolute atomic E-state index is 12.5. The molecule has 1 aromatic rings. The number of sulfonamides is 1. The number of benzene rings is 1.